The number of hydrogen-bond acceptors (Lipinski definition) is 3. The van der Waals surface area contributed by atoms with Gasteiger partial charge in [-0.2, -0.15) is 0 Å². The predicted octanol–water partition coefficient (Wildman–Crippen LogP) is 3.41. The molecule has 0 N–H and O–H groups in total. The standard InChI is InChI=1S/C16H18BrNO2/c1-10-7-16(9-18(10)12-3-4-12)8-14(19)13-5-2-11(17)6-15(13)20-16/h2,5-6,10,12H,3-4,7-9H2,1H3. The van der Waals surface area contributed by atoms with Crippen LogP contribution in [-0.4, -0.2) is 34.9 Å². The molecule has 2 atom stereocenters. The molecule has 20 heavy (non-hydrogen) atoms. The molecule has 0 aromatic heterocycles. The van der Waals surface area contributed by atoms with Crippen LogP contribution in [0.3, 0.4) is 0 Å². The number of ether oxygens (including phenoxy) is 1. The summed E-state index contributed by atoms with van der Waals surface area (Å²) in [6.07, 6.45) is 4.09. The molecule has 4 heteroatoms. The van der Waals surface area contributed by atoms with E-state index in [0.29, 0.717) is 12.5 Å². The van der Waals surface area contributed by atoms with Crippen LogP contribution >= 0.6 is 15.9 Å². The Morgan fingerprint density at radius 3 is 2.95 bits per heavy atom. The molecule has 1 aliphatic carbocycles. The molecular formula is C16H18BrNO2. The van der Waals surface area contributed by atoms with Gasteiger partial charge in [-0.05, 0) is 38.0 Å². The van der Waals surface area contributed by atoms with Crippen molar-refractivity contribution in [2.75, 3.05) is 6.54 Å². The highest BCUT2D eigenvalue weighted by Crippen LogP contribution is 2.44. The molecule has 3 nitrogen and oxygen atoms in total. The number of nitrogens with zero attached hydrogens (tertiary/aromatic N) is 1. The first-order valence-electron chi connectivity index (χ1n) is 7.34. The van der Waals surface area contributed by atoms with Crippen molar-refractivity contribution in [2.45, 2.75) is 50.3 Å². The summed E-state index contributed by atoms with van der Waals surface area (Å²) in [6.45, 7) is 3.16. The lowest BCUT2D eigenvalue weighted by atomic mass is 9.88. The molecule has 2 fully saturated rings. The van der Waals surface area contributed by atoms with Crippen LogP contribution in [0.5, 0.6) is 5.75 Å². The minimum absolute atomic E-state index is 0.226. The highest BCUT2D eigenvalue weighted by atomic mass is 79.9. The van der Waals surface area contributed by atoms with Gasteiger partial charge in [0.15, 0.2) is 5.78 Å². The van der Waals surface area contributed by atoms with E-state index >= 15 is 0 Å². The number of ketones is 1. The van der Waals surface area contributed by atoms with Crippen LogP contribution in [0, 0.1) is 0 Å². The van der Waals surface area contributed by atoms with Gasteiger partial charge in [0.05, 0.1) is 12.0 Å². The molecule has 1 spiro atoms. The zero-order chi connectivity index (χ0) is 13.9. The summed E-state index contributed by atoms with van der Waals surface area (Å²) in [7, 11) is 0. The molecule has 1 saturated carbocycles. The highest BCUT2D eigenvalue weighted by Gasteiger charge is 2.51. The second-order valence-corrected chi connectivity index (χ2v) is 7.40. The van der Waals surface area contributed by atoms with Gasteiger partial charge in [0.25, 0.3) is 0 Å². The minimum Gasteiger partial charge on any atom is -0.485 e. The summed E-state index contributed by atoms with van der Waals surface area (Å²) in [6, 6.07) is 6.95. The van der Waals surface area contributed by atoms with E-state index in [1.807, 2.05) is 18.2 Å². The molecule has 3 aliphatic rings. The van der Waals surface area contributed by atoms with Crippen LogP contribution in [0.2, 0.25) is 0 Å². The number of rotatable bonds is 1. The summed E-state index contributed by atoms with van der Waals surface area (Å²) in [5.41, 5.74) is 0.434. The van der Waals surface area contributed by atoms with Crippen LogP contribution in [0.4, 0.5) is 0 Å². The van der Waals surface area contributed by atoms with Gasteiger partial charge >= 0.3 is 0 Å². The summed E-state index contributed by atoms with van der Waals surface area (Å²) in [5, 5.41) is 0. The van der Waals surface area contributed by atoms with Crippen molar-refractivity contribution in [3.05, 3.63) is 28.2 Å². The Balaban J connectivity index is 1.67. The van der Waals surface area contributed by atoms with E-state index in [1.165, 1.54) is 12.8 Å². The zero-order valence-corrected chi connectivity index (χ0v) is 13.1. The Morgan fingerprint density at radius 1 is 1.40 bits per heavy atom. The number of benzene rings is 1. The Labute approximate surface area is 127 Å². The molecule has 1 aromatic carbocycles. The largest absolute Gasteiger partial charge is 0.485 e. The fourth-order valence-corrected chi connectivity index (χ4v) is 4.11. The van der Waals surface area contributed by atoms with Gasteiger partial charge in [0, 0.05) is 29.5 Å². The average Bonchev–Trinajstić information content (AvgIpc) is 3.15. The van der Waals surface area contributed by atoms with Gasteiger partial charge in [-0.25, -0.2) is 0 Å². The number of halogens is 1. The Kier molecular flexibility index (Phi) is 2.77. The van der Waals surface area contributed by atoms with Crippen LogP contribution in [-0.2, 0) is 0 Å². The summed E-state index contributed by atoms with van der Waals surface area (Å²) in [5.74, 6) is 0.976. The van der Waals surface area contributed by atoms with Crippen molar-refractivity contribution >= 4 is 21.7 Å². The number of carbonyl (C=O) groups excluding carboxylic acids is 1. The fourth-order valence-electron chi connectivity index (χ4n) is 3.77. The maximum absolute atomic E-state index is 12.4. The Bertz CT molecular complexity index is 584. The molecule has 106 valence electrons. The summed E-state index contributed by atoms with van der Waals surface area (Å²) in [4.78, 5) is 15.0. The van der Waals surface area contributed by atoms with E-state index in [0.717, 1.165) is 34.8 Å². The first-order valence-corrected chi connectivity index (χ1v) is 8.13. The summed E-state index contributed by atoms with van der Waals surface area (Å²) >= 11 is 3.46. The molecular weight excluding hydrogens is 318 g/mol. The summed E-state index contributed by atoms with van der Waals surface area (Å²) < 4.78 is 7.28. The van der Waals surface area contributed by atoms with Crippen molar-refractivity contribution in [1.29, 1.82) is 0 Å². The molecule has 2 aliphatic heterocycles. The topological polar surface area (TPSA) is 29.5 Å². The molecule has 1 aromatic rings. The maximum atomic E-state index is 12.4. The fraction of sp³-hybridized carbons (Fsp3) is 0.562. The number of carbonyl (C=O) groups is 1. The first kappa shape index (κ1) is 12.8. The molecule has 2 unspecified atom stereocenters. The third-order valence-electron chi connectivity index (χ3n) is 4.77. The molecule has 0 bridgehead atoms. The van der Waals surface area contributed by atoms with Crippen molar-refractivity contribution in [1.82, 2.24) is 4.90 Å². The number of Topliss-reactive ketones (excluding diaryl/α,β-unsaturated/α-hetero) is 1. The molecule has 0 radical (unpaired) electrons. The molecule has 2 heterocycles. The predicted molar refractivity (Wildman–Crippen MR) is 80.3 cm³/mol. The van der Waals surface area contributed by atoms with Crippen LogP contribution in [0.1, 0.15) is 43.0 Å². The van der Waals surface area contributed by atoms with E-state index < -0.39 is 0 Å². The minimum atomic E-state index is -0.299. The number of fused-ring (bicyclic) bond motifs is 1. The lowest BCUT2D eigenvalue weighted by Gasteiger charge is -2.35. The zero-order valence-electron chi connectivity index (χ0n) is 11.6. The number of likely N-dealkylation sites (tertiary alicyclic amines) is 1. The SMILES string of the molecule is CC1CC2(CC(=O)c3ccc(Br)cc3O2)CN1C1CC1. The lowest BCUT2D eigenvalue weighted by molar-refractivity contribution is 0.0454. The van der Waals surface area contributed by atoms with Crippen molar-refractivity contribution < 1.29 is 9.53 Å². The Hall–Kier alpha value is -0.870. The quantitative estimate of drug-likeness (QED) is 0.787. The van der Waals surface area contributed by atoms with Gasteiger partial charge in [0.2, 0.25) is 0 Å². The van der Waals surface area contributed by atoms with E-state index in [-0.39, 0.29) is 11.4 Å². The third-order valence-corrected chi connectivity index (χ3v) is 5.27. The van der Waals surface area contributed by atoms with Crippen molar-refractivity contribution in [2.24, 2.45) is 0 Å². The van der Waals surface area contributed by atoms with Gasteiger partial charge in [-0.3, -0.25) is 9.69 Å². The van der Waals surface area contributed by atoms with E-state index in [1.54, 1.807) is 0 Å². The van der Waals surface area contributed by atoms with Gasteiger partial charge in [0.1, 0.15) is 11.4 Å². The number of hydrogen-bond donors (Lipinski definition) is 0. The van der Waals surface area contributed by atoms with Gasteiger partial charge < -0.3 is 4.74 Å². The van der Waals surface area contributed by atoms with E-state index in [4.69, 9.17) is 4.74 Å². The second kappa shape index (κ2) is 4.31. The second-order valence-electron chi connectivity index (χ2n) is 6.48. The van der Waals surface area contributed by atoms with Crippen molar-refractivity contribution in [3.8, 4) is 5.75 Å². The van der Waals surface area contributed by atoms with E-state index in [9.17, 15) is 4.79 Å². The lowest BCUT2D eigenvalue weighted by Crippen LogP contribution is -2.44. The average molecular weight is 336 g/mol. The van der Waals surface area contributed by atoms with E-state index in [2.05, 4.69) is 27.8 Å². The molecule has 0 amide bonds. The van der Waals surface area contributed by atoms with Crippen LogP contribution in [0.25, 0.3) is 0 Å². The van der Waals surface area contributed by atoms with Gasteiger partial charge in [-0.1, -0.05) is 15.9 Å². The monoisotopic (exact) mass is 335 g/mol. The van der Waals surface area contributed by atoms with Crippen LogP contribution < -0.4 is 4.74 Å². The first-order chi connectivity index (χ1) is 9.56. The third kappa shape index (κ3) is 2.01. The smallest absolute Gasteiger partial charge is 0.170 e. The van der Waals surface area contributed by atoms with Crippen LogP contribution in [0.15, 0.2) is 22.7 Å². The molecule has 4 rings (SSSR count). The Morgan fingerprint density at radius 2 is 2.20 bits per heavy atom. The molecule has 1 saturated heterocycles. The van der Waals surface area contributed by atoms with Gasteiger partial charge in [-0.15, -0.1) is 0 Å². The highest BCUT2D eigenvalue weighted by molar-refractivity contribution is 9.10. The maximum Gasteiger partial charge on any atom is 0.170 e. The normalized spacial score (nSPS) is 33.3. The van der Waals surface area contributed by atoms with Crippen molar-refractivity contribution in [3.63, 3.8) is 0 Å².